The largest absolute Gasteiger partial charge is 0.465 e. The number of ether oxygens (including phenoxy) is 1. The summed E-state index contributed by atoms with van der Waals surface area (Å²) in [5.41, 5.74) is 0.993. The van der Waals surface area contributed by atoms with Gasteiger partial charge in [-0.05, 0) is 47.4 Å². The average Bonchev–Trinajstić information content (AvgIpc) is 3.48. The summed E-state index contributed by atoms with van der Waals surface area (Å²) in [6.07, 6.45) is 5.74. The molecule has 30 heavy (non-hydrogen) atoms. The molecule has 0 bridgehead atoms. The maximum Gasteiger partial charge on any atom is 0.126 e. The number of hydrogen-bond acceptors (Lipinski definition) is 5. The lowest BCUT2D eigenvalue weighted by Crippen LogP contribution is -2.47. The number of halogens is 1. The van der Waals surface area contributed by atoms with E-state index in [0.717, 1.165) is 55.5 Å². The van der Waals surface area contributed by atoms with Crippen molar-refractivity contribution in [2.75, 3.05) is 45.9 Å². The van der Waals surface area contributed by atoms with Crippen molar-refractivity contribution in [3.05, 3.63) is 88.3 Å². The van der Waals surface area contributed by atoms with Gasteiger partial charge in [0, 0.05) is 44.1 Å². The first-order valence-electron chi connectivity index (χ1n) is 10.3. The second-order valence-electron chi connectivity index (χ2n) is 7.38. The second kappa shape index (κ2) is 10.7. The Hall–Kier alpha value is -2.25. The smallest absolute Gasteiger partial charge is 0.126 e. The number of furan rings is 1. The van der Waals surface area contributed by atoms with Gasteiger partial charge in [0.25, 0.3) is 0 Å². The number of nitrogens with zero attached hydrogens (tertiary/aromatic N) is 2. The van der Waals surface area contributed by atoms with Crippen molar-refractivity contribution in [2.24, 2.45) is 0 Å². The van der Waals surface area contributed by atoms with Gasteiger partial charge in [-0.1, -0.05) is 24.3 Å². The van der Waals surface area contributed by atoms with Crippen LogP contribution < -0.4 is 0 Å². The lowest BCUT2D eigenvalue weighted by atomic mass is 10.1. The molecule has 0 amide bonds. The molecule has 0 aliphatic carbocycles. The molecular formula is C24H27FN2O2S. The zero-order valence-electron chi connectivity index (χ0n) is 17.0. The van der Waals surface area contributed by atoms with Gasteiger partial charge in [0.05, 0.1) is 12.9 Å². The fourth-order valence-electron chi connectivity index (χ4n) is 3.62. The minimum absolute atomic E-state index is 0.140. The summed E-state index contributed by atoms with van der Waals surface area (Å²) < 4.78 is 24.9. The Kier molecular flexibility index (Phi) is 7.48. The SMILES string of the molecule is Fc1ccc(C(OCCN2CCN(CC=Cc3ccco3)CC2)c2cccs2)cc1. The first kappa shape index (κ1) is 21.0. The highest BCUT2D eigenvalue weighted by Gasteiger charge is 2.19. The van der Waals surface area contributed by atoms with Crippen molar-refractivity contribution >= 4 is 17.4 Å². The zero-order chi connectivity index (χ0) is 20.6. The monoisotopic (exact) mass is 426 g/mol. The standard InChI is InChI=1S/C24H27FN2O2S/c25-21-9-7-20(8-10-21)24(23-6-3-19-30-23)29-18-16-27-14-12-26(13-15-27)11-1-4-22-5-2-17-28-22/h1-10,17,19,24H,11-16,18H2. The molecule has 6 heteroatoms. The summed E-state index contributed by atoms with van der Waals surface area (Å²) in [4.78, 5) is 6.04. The Morgan fingerprint density at radius 2 is 1.83 bits per heavy atom. The van der Waals surface area contributed by atoms with E-state index in [-0.39, 0.29) is 11.9 Å². The highest BCUT2D eigenvalue weighted by molar-refractivity contribution is 7.10. The molecule has 1 aliphatic rings. The Balaban J connectivity index is 1.22. The van der Waals surface area contributed by atoms with Crippen LogP contribution in [0.4, 0.5) is 4.39 Å². The molecule has 0 radical (unpaired) electrons. The molecule has 4 nitrogen and oxygen atoms in total. The van der Waals surface area contributed by atoms with E-state index in [1.807, 2.05) is 36.4 Å². The van der Waals surface area contributed by atoms with Crippen LogP contribution in [0.2, 0.25) is 0 Å². The van der Waals surface area contributed by atoms with E-state index in [0.29, 0.717) is 6.61 Å². The predicted molar refractivity (Wildman–Crippen MR) is 119 cm³/mol. The Bertz CT molecular complexity index is 886. The van der Waals surface area contributed by atoms with Gasteiger partial charge < -0.3 is 9.15 Å². The molecule has 0 spiro atoms. The van der Waals surface area contributed by atoms with E-state index < -0.39 is 0 Å². The van der Waals surface area contributed by atoms with E-state index in [9.17, 15) is 4.39 Å². The lowest BCUT2D eigenvalue weighted by molar-refractivity contribution is 0.0482. The summed E-state index contributed by atoms with van der Waals surface area (Å²) in [5, 5.41) is 2.05. The van der Waals surface area contributed by atoms with Gasteiger partial charge in [-0.3, -0.25) is 9.80 Å². The predicted octanol–water partition coefficient (Wildman–Crippen LogP) is 4.92. The summed E-state index contributed by atoms with van der Waals surface area (Å²) >= 11 is 1.67. The zero-order valence-corrected chi connectivity index (χ0v) is 17.8. The van der Waals surface area contributed by atoms with Crippen molar-refractivity contribution in [2.45, 2.75) is 6.10 Å². The van der Waals surface area contributed by atoms with Gasteiger partial charge in [0.1, 0.15) is 17.7 Å². The maximum absolute atomic E-state index is 13.3. The van der Waals surface area contributed by atoms with E-state index in [2.05, 4.69) is 27.3 Å². The molecule has 1 aromatic carbocycles. The number of hydrogen-bond donors (Lipinski definition) is 0. The molecule has 2 aromatic heterocycles. The van der Waals surface area contributed by atoms with E-state index in [1.165, 1.54) is 12.1 Å². The van der Waals surface area contributed by atoms with Crippen molar-refractivity contribution < 1.29 is 13.5 Å². The van der Waals surface area contributed by atoms with E-state index in [1.54, 1.807) is 17.6 Å². The Morgan fingerprint density at radius 3 is 2.53 bits per heavy atom. The van der Waals surface area contributed by atoms with Crippen LogP contribution in [0.1, 0.15) is 22.3 Å². The van der Waals surface area contributed by atoms with Gasteiger partial charge in [0.15, 0.2) is 0 Å². The van der Waals surface area contributed by atoms with Gasteiger partial charge in [-0.2, -0.15) is 0 Å². The summed E-state index contributed by atoms with van der Waals surface area (Å²) in [5.74, 6) is 0.674. The molecule has 1 atom stereocenters. The van der Waals surface area contributed by atoms with Crippen LogP contribution in [0.25, 0.3) is 6.08 Å². The minimum Gasteiger partial charge on any atom is -0.465 e. The quantitative estimate of drug-likeness (QED) is 0.486. The van der Waals surface area contributed by atoms with Gasteiger partial charge in [0.2, 0.25) is 0 Å². The van der Waals surface area contributed by atoms with Crippen LogP contribution in [-0.4, -0.2) is 55.7 Å². The highest BCUT2D eigenvalue weighted by atomic mass is 32.1. The van der Waals surface area contributed by atoms with Gasteiger partial charge >= 0.3 is 0 Å². The van der Waals surface area contributed by atoms with Crippen LogP contribution in [0, 0.1) is 5.82 Å². The van der Waals surface area contributed by atoms with Crippen LogP contribution in [-0.2, 0) is 4.74 Å². The molecule has 0 saturated carbocycles. The van der Waals surface area contributed by atoms with Crippen molar-refractivity contribution in [1.29, 1.82) is 0 Å². The van der Waals surface area contributed by atoms with Crippen LogP contribution in [0.5, 0.6) is 0 Å². The van der Waals surface area contributed by atoms with Crippen molar-refractivity contribution in [1.82, 2.24) is 9.80 Å². The van der Waals surface area contributed by atoms with Crippen molar-refractivity contribution in [3.63, 3.8) is 0 Å². The third kappa shape index (κ3) is 5.89. The molecule has 0 N–H and O–H groups in total. The summed E-state index contributed by atoms with van der Waals surface area (Å²) in [6.45, 7) is 6.67. The summed E-state index contributed by atoms with van der Waals surface area (Å²) in [6, 6.07) is 14.6. The van der Waals surface area contributed by atoms with Crippen LogP contribution in [0.15, 0.2) is 70.7 Å². The third-order valence-corrected chi connectivity index (χ3v) is 6.24. The van der Waals surface area contributed by atoms with Gasteiger partial charge in [-0.25, -0.2) is 4.39 Å². The molecular weight excluding hydrogens is 399 g/mol. The third-order valence-electron chi connectivity index (χ3n) is 5.32. The number of piperazine rings is 1. The van der Waals surface area contributed by atoms with E-state index in [4.69, 9.17) is 9.15 Å². The summed E-state index contributed by atoms with van der Waals surface area (Å²) in [7, 11) is 0. The molecule has 1 unspecified atom stereocenters. The van der Waals surface area contributed by atoms with E-state index >= 15 is 0 Å². The molecule has 4 rings (SSSR count). The maximum atomic E-state index is 13.3. The molecule has 158 valence electrons. The van der Waals surface area contributed by atoms with Crippen LogP contribution in [0.3, 0.4) is 0 Å². The number of benzene rings is 1. The molecule has 1 saturated heterocycles. The fraction of sp³-hybridized carbons (Fsp3) is 0.333. The fourth-order valence-corrected chi connectivity index (χ4v) is 4.42. The first-order valence-corrected chi connectivity index (χ1v) is 11.2. The Morgan fingerprint density at radius 1 is 1.03 bits per heavy atom. The number of thiophene rings is 1. The molecule has 3 aromatic rings. The van der Waals surface area contributed by atoms with Gasteiger partial charge in [-0.15, -0.1) is 11.3 Å². The normalized spacial score (nSPS) is 17.0. The second-order valence-corrected chi connectivity index (χ2v) is 8.36. The average molecular weight is 427 g/mol. The first-order chi connectivity index (χ1) is 14.8. The molecule has 3 heterocycles. The van der Waals surface area contributed by atoms with Crippen LogP contribution >= 0.6 is 11.3 Å². The number of rotatable bonds is 9. The Labute approximate surface area is 181 Å². The minimum atomic E-state index is -0.222. The lowest BCUT2D eigenvalue weighted by Gasteiger charge is -2.34. The molecule has 1 aliphatic heterocycles. The molecule has 1 fully saturated rings. The topological polar surface area (TPSA) is 28.9 Å². The highest BCUT2D eigenvalue weighted by Crippen LogP contribution is 2.29. The van der Waals surface area contributed by atoms with Crippen molar-refractivity contribution in [3.8, 4) is 0 Å².